The second kappa shape index (κ2) is 2.68. The van der Waals surface area contributed by atoms with E-state index in [1.165, 1.54) is 31.5 Å². The molecule has 78 valence electrons. The Morgan fingerprint density at radius 1 is 1.53 bits per heavy atom. The second-order valence-electron chi connectivity index (χ2n) is 4.45. The molecule has 4 rings (SSSR count). The van der Waals surface area contributed by atoms with Gasteiger partial charge in [-0.1, -0.05) is 0 Å². The van der Waals surface area contributed by atoms with Gasteiger partial charge < -0.3 is 10.4 Å². The first kappa shape index (κ1) is 8.64. The van der Waals surface area contributed by atoms with Gasteiger partial charge in [0.1, 0.15) is 0 Å². The highest BCUT2D eigenvalue weighted by Gasteiger charge is 2.56. The smallest absolute Gasteiger partial charge is 0.354 e. The third-order valence-corrected chi connectivity index (χ3v) is 3.29. The molecule has 5 heteroatoms. The molecule has 1 aromatic rings. The molecule has 0 aliphatic heterocycles. The van der Waals surface area contributed by atoms with Crippen molar-refractivity contribution in [1.82, 2.24) is 9.97 Å². The molecular weight excluding hydrogens is 194 g/mol. The van der Waals surface area contributed by atoms with Gasteiger partial charge in [-0.3, -0.25) is 0 Å². The van der Waals surface area contributed by atoms with E-state index in [1.54, 1.807) is 0 Å². The van der Waals surface area contributed by atoms with E-state index in [4.69, 9.17) is 5.11 Å². The minimum Gasteiger partial charge on any atom is -0.477 e. The number of aromatic nitrogens is 2. The molecule has 0 radical (unpaired) electrons. The molecule has 3 aliphatic rings. The molecule has 0 saturated heterocycles. The maximum Gasteiger partial charge on any atom is 0.354 e. The number of carbonyl (C=O) groups is 1. The van der Waals surface area contributed by atoms with E-state index in [9.17, 15) is 4.79 Å². The summed E-state index contributed by atoms with van der Waals surface area (Å²) in [6.45, 7) is 0. The summed E-state index contributed by atoms with van der Waals surface area (Å²) in [5.74, 6) is 0.297. The van der Waals surface area contributed by atoms with Crippen molar-refractivity contribution in [2.45, 2.75) is 24.8 Å². The van der Waals surface area contributed by atoms with E-state index in [1.807, 2.05) is 0 Å². The van der Waals surface area contributed by atoms with Crippen molar-refractivity contribution < 1.29 is 9.90 Å². The third kappa shape index (κ3) is 1.26. The van der Waals surface area contributed by atoms with Crippen molar-refractivity contribution in [2.75, 3.05) is 5.32 Å². The Hall–Kier alpha value is -1.65. The van der Waals surface area contributed by atoms with Crippen LogP contribution in [0.3, 0.4) is 0 Å². The topological polar surface area (TPSA) is 75.1 Å². The van der Waals surface area contributed by atoms with Crippen LogP contribution < -0.4 is 5.32 Å². The number of hydrogen-bond donors (Lipinski definition) is 2. The van der Waals surface area contributed by atoms with Crippen LogP contribution >= 0.6 is 0 Å². The van der Waals surface area contributed by atoms with Gasteiger partial charge in [-0.05, 0) is 31.2 Å². The first-order valence-corrected chi connectivity index (χ1v) is 5.01. The van der Waals surface area contributed by atoms with Crippen LogP contribution in [-0.4, -0.2) is 26.6 Å². The Bertz CT molecular complexity index is 415. The van der Waals surface area contributed by atoms with Crippen LogP contribution in [0.4, 0.5) is 5.95 Å². The van der Waals surface area contributed by atoms with Crippen molar-refractivity contribution in [3.05, 3.63) is 18.0 Å². The van der Waals surface area contributed by atoms with E-state index in [2.05, 4.69) is 15.3 Å². The van der Waals surface area contributed by atoms with Crippen LogP contribution in [0.5, 0.6) is 0 Å². The minimum atomic E-state index is -1.02. The standard InChI is InChI=1S/C10H11N3O2/c14-8(15)7-1-2-11-9(12-7)13-10-3-6(4-10)5-10/h1-2,6H,3-5H2,(H,14,15)(H,11,12,13). The average molecular weight is 205 g/mol. The van der Waals surface area contributed by atoms with Crippen LogP contribution in [0.25, 0.3) is 0 Å². The number of carboxylic acid groups (broad SMARTS) is 1. The highest BCUT2D eigenvalue weighted by atomic mass is 16.4. The zero-order valence-corrected chi connectivity index (χ0v) is 8.10. The Labute approximate surface area is 86.6 Å². The van der Waals surface area contributed by atoms with Crippen LogP contribution in [0, 0.1) is 5.92 Å². The van der Waals surface area contributed by atoms with Crippen LogP contribution in [0.15, 0.2) is 12.3 Å². The molecule has 1 aromatic heterocycles. The zero-order chi connectivity index (χ0) is 10.5. The summed E-state index contributed by atoms with van der Waals surface area (Å²) in [4.78, 5) is 18.7. The van der Waals surface area contributed by atoms with Crippen molar-refractivity contribution in [3.63, 3.8) is 0 Å². The lowest BCUT2D eigenvalue weighted by atomic mass is 9.50. The van der Waals surface area contributed by atoms with Gasteiger partial charge in [-0.15, -0.1) is 0 Å². The van der Waals surface area contributed by atoms with Crippen LogP contribution in [0.2, 0.25) is 0 Å². The second-order valence-corrected chi connectivity index (χ2v) is 4.45. The maximum atomic E-state index is 10.7. The minimum absolute atomic E-state index is 0.0408. The van der Waals surface area contributed by atoms with E-state index >= 15 is 0 Å². The van der Waals surface area contributed by atoms with E-state index in [-0.39, 0.29) is 11.2 Å². The molecule has 3 fully saturated rings. The van der Waals surface area contributed by atoms with Crippen molar-refractivity contribution in [2.24, 2.45) is 5.92 Å². The quantitative estimate of drug-likeness (QED) is 0.773. The molecule has 0 spiro atoms. The van der Waals surface area contributed by atoms with E-state index < -0.39 is 5.97 Å². The molecule has 3 saturated carbocycles. The highest BCUT2D eigenvalue weighted by molar-refractivity contribution is 5.85. The number of hydrogen-bond acceptors (Lipinski definition) is 4. The van der Waals surface area contributed by atoms with Gasteiger partial charge in [0.2, 0.25) is 5.95 Å². The lowest BCUT2D eigenvalue weighted by Gasteiger charge is -2.61. The molecule has 0 amide bonds. The number of anilines is 1. The largest absolute Gasteiger partial charge is 0.477 e. The van der Waals surface area contributed by atoms with E-state index in [0.29, 0.717) is 5.95 Å². The molecule has 2 N–H and O–H groups in total. The lowest BCUT2D eigenvalue weighted by Crippen LogP contribution is -2.63. The predicted molar refractivity (Wildman–Crippen MR) is 52.7 cm³/mol. The summed E-state index contributed by atoms with van der Waals surface area (Å²) in [6, 6.07) is 1.40. The Morgan fingerprint density at radius 3 is 2.80 bits per heavy atom. The summed E-state index contributed by atoms with van der Waals surface area (Å²) in [7, 11) is 0. The lowest BCUT2D eigenvalue weighted by molar-refractivity contribution is 0.00142. The van der Waals surface area contributed by atoms with Crippen molar-refractivity contribution in [3.8, 4) is 0 Å². The Balaban J connectivity index is 1.79. The van der Waals surface area contributed by atoms with Gasteiger partial charge in [0.25, 0.3) is 0 Å². The number of carboxylic acids is 1. The molecule has 5 nitrogen and oxygen atoms in total. The fourth-order valence-corrected chi connectivity index (χ4v) is 2.41. The summed E-state index contributed by atoms with van der Waals surface area (Å²) >= 11 is 0. The molecule has 0 atom stereocenters. The molecule has 0 aromatic carbocycles. The van der Waals surface area contributed by atoms with Gasteiger partial charge >= 0.3 is 5.97 Å². The molecule has 3 aliphatic carbocycles. The first-order chi connectivity index (χ1) is 7.17. The monoisotopic (exact) mass is 205 g/mol. The van der Waals surface area contributed by atoms with Gasteiger partial charge in [0, 0.05) is 11.7 Å². The van der Waals surface area contributed by atoms with Gasteiger partial charge in [-0.25, -0.2) is 14.8 Å². The highest BCUT2D eigenvalue weighted by Crippen LogP contribution is 2.58. The third-order valence-electron chi connectivity index (χ3n) is 3.29. The van der Waals surface area contributed by atoms with Gasteiger partial charge in [0.15, 0.2) is 5.69 Å². The zero-order valence-electron chi connectivity index (χ0n) is 8.10. The summed E-state index contributed by atoms with van der Waals surface area (Å²) in [6.07, 6.45) is 5.00. The predicted octanol–water partition coefficient (Wildman–Crippen LogP) is 1.14. The molecular formula is C10H11N3O2. The number of rotatable bonds is 3. The van der Waals surface area contributed by atoms with Gasteiger partial charge in [0.05, 0.1) is 0 Å². The Morgan fingerprint density at radius 2 is 2.27 bits per heavy atom. The summed E-state index contributed by atoms with van der Waals surface area (Å²) < 4.78 is 0. The molecule has 2 bridgehead atoms. The normalized spacial score (nSPS) is 31.3. The van der Waals surface area contributed by atoms with Gasteiger partial charge in [-0.2, -0.15) is 0 Å². The fourth-order valence-electron chi connectivity index (χ4n) is 2.41. The number of nitrogens with zero attached hydrogens (tertiary/aromatic N) is 2. The number of aromatic carboxylic acids is 1. The molecule has 1 heterocycles. The molecule has 15 heavy (non-hydrogen) atoms. The summed E-state index contributed by atoms with van der Waals surface area (Å²) in [5, 5.41) is 12.0. The average Bonchev–Trinajstić information content (AvgIpc) is 2.10. The van der Waals surface area contributed by atoms with Crippen LogP contribution in [0.1, 0.15) is 29.8 Å². The summed E-state index contributed by atoms with van der Waals surface area (Å²) in [5.41, 5.74) is 0.223. The SMILES string of the molecule is O=C(O)c1ccnc(NC23CC(C2)C3)n1. The van der Waals surface area contributed by atoms with Crippen molar-refractivity contribution in [1.29, 1.82) is 0 Å². The first-order valence-electron chi connectivity index (χ1n) is 5.01. The number of nitrogens with one attached hydrogen (secondary N) is 1. The Kier molecular flexibility index (Phi) is 1.55. The van der Waals surface area contributed by atoms with Crippen LogP contribution in [-0.2, 0) is 0 Å². The van der Waals surface area contributed by atoms with E-state index in [0.717, 1.165) is 5.92 Å². The fraction of sp³-hybridized carbons (Fsp3) is 0.500. The van der Waals surface area contributed by atoms with Crippen molar-refractivity contribution >= 4 is 11.9 Å². The molecule has 0 unspecified atom stereocenters. The maximum absolute atomic E-state index is 10.7.